The van der Waals surface area contributed by atoms with Gasteiger partial charge < -0.3 is 4.74 Å². The van der Waals surface area contributed by atoms with E-state index in [-0.39, 0.29) is 5.75 Å². The zero-order chi connectivity index (χ0) is 18.5. The summed E-state index contributed by atoms with van der Waals surface area (Å²) in [7, 11) is 0. The van der Waals surface area contributed by atoms with Gasteiger partial charge in [-0.2, -0.15) is 13.9 Å². The highest BCUT2D eigenvalue weighted by Crippen LogP contribution is 2.27. The van der Waals surface area contributed by atoms with Crippen LogP contribution >= 0.6 is 11.6 Å². The molecular weight excluding hydrogens is 362 g/mol. The molecule has 0 aliphatic heterocycles. The Kier molecular flexibility index (Phi) is 5.43. The van der Waals surface area contributed by atoms with E-state index in [9.17, 15) is 13.6 Å². The summed E-state index contributed by atoms with van der Waals surface area (Å²) in [6.07, 6.45) is 1.28. The lowest BCUT2D eigenvalue weighted by Gasteiger charge is -2.10. The average molecular weight is 375 g/mol. The molecule has 1 N–H and O–H groups in total. The van der Waals surface area contributed by atoms with Crippen LogP contribution in [0.4, 0.5) is 8.78 Å². The molecule has 132 valence electrons. The Morgan fingerprint density at radius 2 is 1.92 bits per heavy atom. The molecule has 3 aromatic carbocycles. The maximum Gasteiger partial charge on any atom is 0.387 e. The zero-order valence-electron chi connectivity index (χ0n) is 13.3. The molecule has 0 saturated carbocycles. The van der Waals surface area contributed by atoms with Crippen molar-refractivity contribution in [2.24, 2.45) is 5.10 Å². The van der Waals surface area contributed by atoms with Gasteiger partial charge in [0.15, 0.2) is 0 Å². The molecule has 3 rings (SSSR count). The standard InChI is InChI=1S/C19H13ClF2N2O2/c20-14-6-3-5-13(10-14)18(25)24-23-11-16-15-7-2-1-4-12(15)8-9-17(16)26-19(21)22/h1-11,19H,(H,24,25)/b23-11-. The number of hydrazone groups is 1. The number of benzene rings is 3. The lowest BCUT2D eigenvalue weighted by Crippen LogP contribution is -2.17. The van der Waals surface area contributed by atoms with Gasteiger partial charge in [0.2, 0.25) is 0 Å². The first-order valence-electron chi connectivity index (χ1n) is 7.60. The molecule has 0 aromatic heterocycles. The average Bonchev–Trinajstić information content (AvgIpc) is 2.62. The van der Waals surface area contributed by atoms with Crippen molar-refractivity contribution in [2.75, 3.05) is 0 Å². The lowest BCUT2D eigenvalue weighted by atomic mass is 10.0. The number of hydrogen-bond acceptors (Lipinski definition) is 3. The SMILES string of the molecule is O=C(N/N=C\c1c(OC(F)F)ccc2ccccc12)c1cccc(Cl)c1. The summed E-state index contributed by atoms with van der Waals surface area (Å²) in [6, 6.07) is 16.7. The number of nitrogens with one attached hydrogen (secondary N) is 1. The third-order valence-corrected chi connectivity index (χ3v) is 3.83. The van der Waals surface area contributed by atoms with Crippen molar-refractivity contribution in [1.29, 1.82) is 0 Å². The van der Waals surface area contributed by atoms with Gasteiger partial charge in [-0.3, -0.25) is 4.79 Å². The molecule has 0 fully saturated rings. The third kappa shape index (κ3) is 4.15. The first kappa shape index (κ1) is 17.8. The number of amides is 1. The van der Waals surface area contributed by atoms with Crippen molar-refractivity contribution in [3.8, 4) is 5.75 Å². The van der Waals surface area contributed by atoms with E-state index in [4.69, 9.17) is 11.6 Å². The summed E-state index contributed by atoms with van der Waals surface area (Å²) in [5, 5.41) is 5.80. The van der Waals surface area contributed by atoms with Crippen molar-refractivity contribution in [3.05, 3.63) is 76.8 Å². The second kappa shape index (κ2) is 7.93. The largest absolute Gasteiger partial charge is 0.434 e. The summed E-state index contributed by atoms with van der Waals surface area (Å²) in [5.74, 6) is -0.500. The summed E-state index contributed by atoms with van der Waals surface area (Å²) >= 11 is 5.85. The van der Waals surface area contributed by atoms with Crippen LogP contribution in [0, 0.1) is 0 Å². The molecule has 0 bridgehead atoms. The number of ether oxygens (including phenoxy) is 1. The number of rotatable bonds is 5. The van der Waals surface area contributed by atoms with E-state index in [0.29, 0.717) is 21.5 Å². The molecule has 1 amide bonds. The number of hydrogen-bond donors (Lipinski definition) is 1. The number of carbonyl (C=O) groups excluding carboxylic acids is 1. The number of carbonyl (C=O) groups is 1. The fraction of sp³-hybridized carbons (Fsp3) is 0.0526. The molecule has 0 spiro atoms. The molecule has 0 heterocycles. The zero-order valence-corrected chi connectivity index (χ0v) is 14.1. The molecular formula is C19H13ClF2N2O2. The normalized spacial score (nSPS) is 11.2. The molecule has 7 heteroatoms. The van der Waals surface area contributed by atoms with E-state index >= 15 is 0 Å². The van der Waals surface area contributed by atoms with Crippen molar-refractivity contribution >= 4 is 34.5 Å². The summed E-state index contributed by atoms with van der Waals surface area (Å²) < 4.78 is 29.9. The third-order valence-electron chi connectivity index (χ3n) is 3.59. The van der Waals surface area contributed by atoms with Crippen LogP contribution in [0.1, 0.15) is 15.9 Å². The van der Waals surface area contributed by atoms with E-state index in [2.05, 4.69) is 15.3 Å². The van der Waals surface area contributed by atoms with E-state index in [0.717, 1.165) is 5.39 Å². The van der Waals surface area contributed by atoms with E-state index in [1.807, 2.05) is 12.1 Å². The minimum atomic E-state index is -2.97. The van der Waals surface area contributed by atoms with Crippen LogP contribution in [0.3, 0.4) is 0 Å². The van der Waals surface area contributed by atoms with E-state index in [1.54, 1.807) is 36.4 Å². The van der Waals surface area contributed by atoms with Crippen LogP contribution in [-0.2, 0) is 0 Å². The first-order chi connectivity index (χ1) is 12.5. The predicted octanol–water partition coefficient (Wildman–Crippen LogP) is 4.86. The fourth-order valence-electron chi connectivity index (χ4n) is 2.46. The highest BCUT2D eigenvalue weighted by Gasteiger charge is 2.12. The minimum Gasteiger partial charge on any atom is -0.434 e. The van der Waals surface area contributed by atoms with Crippen molar-refractivity contribution in [1.82, 2.24) is 5.43 Å². The Morgan fingerprint density at radius 1 is 1.12 bits per heavy atom. The van der Waals surface area contributed by atoms with Crippen LogP contribution in [-0.4, -0.2) is 18.7 Å². The molecule has 0 saturated heterocycles. The second-order valence-corrected chi connectivity index (χ2v) is 5.72. The Bertz CT molecular complexity index is 977. The molecule has 0 radical (unpaired) electrons. The van der Waals surface area contributed by atoms with Gasteiger partial charge in [0, 0.05) is 16.1 Å². The summed E-state index contributed by atoms with van der Waals surface area (Å²) in [4.78, 5) is 12.1. The molecule has 26 heavy (non-hydrogen) atoms. The van der Waals surface area contributed by atoms with E-state index < -0.39 is 12.5 Å². The van der Waals surface area contributed by atoms with Crippen LogP contribution in [0.2, 0.25) is 5.02 Å². The van der Waals surface area contributed by atoms with Gasteiger partial charge in [-0.25, -0.2) is 5.43 Å². The molecule has 0 aliphatic rings. The van der Waals surface area contributed by atoms with Gasteiger partial charge in [0.1, 0.15) is 5.75 Å². The van der Waals surface area contributed by atoms with Gasteiger partial charge in [-0.1, -0.05) is 48.0 Å². The van der Waals surface area contributed by atoms with E-state index in [1.165, 1.54) is 18.3 Å². The summed E-state index contributed by atoms with van der Waals surface area (Å²) in [5.41, 5.74) is 3.02. The Hall–Kier alpha value is -2.99. The van der Waals surface area contributed by atoms with Crippen LogP contribution in [0.15, 0.2) is 65.8 Å². The number of nitrogens with zero attached hydrogens (tertiary/aromatic N) is 1. The Balaban J connectivity index is 1.89. The molecule has 4 nitrogen and oxygen atoms in total. The minimum absolute atomic E-state index is 0.0283. The number of halogens is 3. The maximum absolute atomic E-state index is 12.7. The molecule has 0 aliphatic carbocycles. The predicted molar refractivity (Wildman–Crippen MR) is 97.1 cm³/mol. The second-order valence-electron chi connectivity index (χ2n) is 5.29. The maximum atomic E-state index is 12.7. The van der Waals surface area contributed by atoms with Crippen LogP contribution < -0.4 is 10.2 Å². The molecule has 3 aromatic rings. The smallest absolute Gasteiger partial charge is 0.387 e. The quantitative estimate of drug-likeness (QED) is 0.512. The van der Waals surface area contributed by atoms with Gasteiger partial charge >= 0.3 is 6.61 Å². The van der Waals surface area contributed by atoms with Crippen LogP contribution in [0.5, 0.6) is 5.75 Å². The molecule has 0 unspecified atom stereocenters. The first-order valence-corrected chi connectivity index (χ1v) is 7.98. The van der Waals surface area contributed by atoms with Crippen molar-refractivity contribution < 1.29 is 18.3 Å². The summed E-state index contributed by atoms with van der Waals surface area (Å²) in [6.45, 7) is -2.97. The van der Waals surface area contributed by atoms with Gasteiger partial charge in [-0.05, 0) is 35.0 Å². The number of alkyl halides is 2. The fourth-order valence-corrected chi connectivity index (χ4v) is 2.65. The van der Waals surface area contributed by atoms with Gasteiger partial charge in [0.05, 0.1) is 6.21 Å². The van der Waals surface area contributed by atoms with Crippen LogP contribution in [0.25, 0.3) is 10.8 Å². The van der Waals surface area contributed by atoms with Gasteiger partial charge in [0.25, 0.3) is 5.91 Å². The van der Waals surface area contributed by atoms with Crippen molar-refractivity contribution in [3.63, 3.8) is 0 Å². The lowest BCUT2D eigenvalue weighted by molar-refractivity contribution is -0.0498. The Morgan fingerprint density at radius 3 is 2.69 bits per heavy atom. The van der Waals surface area contributed by atoms with Crippen molar-refractivity contribution in [2.45, 2.75) is 6.61 Å². The highest BCUT2D eigenvalue weighted by molar-refractivity contribution is 6.30. The topological polar surface area (TPSA) is 50.7 Å². The highest BCUT2D eigenvalue weighted by atomic mass is 35.5. The molecule has 0 atom stereocenters. The Labute approximate surface area is 153 Å². The van der Waals surface area contributed by atoms with Gasteiger partial charge in [-0.15, -0.1) is 0 Å². The number of fused-ring (bicyclic) bond motifs is 1. The monoisotopic (exact) mass is 374 g/mol.